The molecule has 5 aromatic rings. The topological polar surface area (TPSA) is 271 Å². The molecule has 23 nitrogen and oxygen atoms in total. The zero-order valence-electron chi connectivity index (χ0n) is 50.0. The van der Waals surface area contributed by atoms with Gasteiger partial charge in [-0.1, -0.05) is 0 Å². The number of halogens is 1. The van der Waals surface area contributed by atoms with E-state index in [1.807, 2.05) is 32.6 Å². The lowest BCUT2D eigenvalue weighted by atomic mass is 10.1. The van der Waals surface area contributed by atoms with Gasteiger partial charge in [0.2, 0.25) is 17.6 Å². The average molecular weight is 1210 g/mol. The number of amides is 2. The van der Waals surface area contributed by atoms with Crippen LogP contribution in [0.1, 0.15) is 102 Å². The minimum Gasteiger partial charge on any atom is -0.491 e. The number of hydrogen-bond acceptors (Lipinski definition) is 21. The number of benzene rings is 2. The summed E-state index contributed by atoms with van der Waals surface area (Å²) in [6.07, 6.45) is 5.52. The van der Waals surface area contributed by atoms with Crippen LogP contribution in [0.5, 0.6) is 11.5 Å². The van der Waals surface area contributed by atoms with E-state index >= 15 is 0 Å². The van der Waals surface area contributed by atoms with Gasteiger partial charge < -0.3 is 45.1 Å². The molecule has 7 heterocycles. The fraction of sp³-hybridized carbons (Fsp3) is 0.542. The SMILES string of the molecule is CC(N)=C(C)C(N)=Nc1ncnc2cc(OCCN3CCN(c4ncc(OC[C@H]5CN(C[C@H]6CN(C(=O)OC(C)(C)C)[C@H](C)CN6CC(=O)N6CCC[C@H]6c6nc(C(=O)c7ccc(F)cc7)cs6)CCO5)cn4)CC3)c(S(=O)(=O)C(C)(C)C)cc12. The van der Waals surface area contributed by atoms with Gasteiger partial charge in [0.05, 0.1) is 41.9 Å². The summed E-state index contributed by atoms with van der Waals surface area (Å²) in [5, 5.41) is 2.80. The molecule has 2 amide bonds. The van der Waals surface area contributed by atoms with Crippen molar-refractivity contribution in [3.63, 3.8) is 0 Å². The quantitative estimate of drug-likeness (QED) is 0.0577. The maximum Gasteiger partial charge on any atom is 0.410 e. The summed E-state index contributed by atoms with van der Waals surface area (Å²) >= 11 is 1.35. The minimum atomic E-state index is -3.89. The molecular formula is C59H79FN14O9S2. The number of rotatable bonds is 18. The van der Waals surface area contributed by atoms with Gasteiger partial charge in [-0.15, -0.1) is 11.3 Å². The van der Waals surface area contributed by atoms with Crippen molar-refractivity contribution in [3.05, 3.63) is 93.9 Å². The van der Waals surface area contributed by atoms with Gasteiger partial charge in [-0.3, -0.25) is 24.3 Å². The number of piperazine rings is 2. The second-order valence-electron chi connectivity index (χ2n) is 24.1. The fourth-order valence-electron chi connectivity index (χ4n) is 10.7. The Bertz CT molecular complexity index is 3380. The fourth-order valence-corrected chi connectivity index (χ4v) is 12.9. The van der Waals surface area contributed by atoms with Crippen molar-refractivity contribution in [2.45, 2.75) is 115 Å². The molecule has 26 heteroatoms. The number of hydrogen-bond donors (Lipinski definition) is 2. The molecule has 0 radical (unpaired) electrons. The first-order chi connectivity index (χ1) is 40.3. The van der Waals surface area contributed by atoms with E-state index in [1.165, 1.54) is 48.0 Å². The highest BCUT2D eigenvalue weighted by Gasteiger charge is 2.41. The molecule has 458 valence electrons. The highest BCUT2D eigenvalue weighted by Crippen LogP contribution is 2.38. The summed E-state index contributed by atoms with van der Waals surface area (Å²) in [4.78, 5) is 80.9. The second kappa shape index (κ2) is 26.3. The van der Waals surface area contributed by atoms with Crippen molar-refractivity contribution in [2.24, 2.45) is 16.5 Å². The van der Waals surface area contributed by atoms with Gasteiger partial charge in [0.15, 0.2) is 21.4 Å². The maximum absolute atomic E-state index is 14.4. The summed E-state index contributed by atoms with van der Waals surface area (Å²) in [7, 11) is -3.89. The third-order valence-corrected chi connectivity index (χ3v) is 19.1. The lowest BCUT2D eigenvalue weighted by Gasteiger charge is -2.47. The van der Waals surface area contributed by atoms with Crippen LogP contribution in [0, 0.1) is 5.82 Å². The Kier molecular flexibility index (Phi) is 19.4. The molecule has 2 aromatic carbocycles. The molecule has 4 saturated heterocycles. The van der Waals surface area contributed by atoms with E-state index in [-0.39, 0.29) is 83.7 Å². The van der Waals surface area contributed by atoms with Gasteiger partial charge >= 0.3 is 6.09 Å². The van der Waals surface area contributed by atoms with Crippen LogP contribution in [-0.2, 0) is 24.1 Å². The summed E-state index contributed by atoms with van der Waals surface area (Å²) in [5.74, 6) is 0.874. The standard InChI is InChI=1S/C59H79FN14O9S2/c1-37-29-72(33-51(75)73-16-10-11-48(73)55-67-47(35-84-55)52(76)40-12-14-41(60)15-13-40)42(31-74(37)57(77)83-58(4,5)6)30-70-22-23-80-44(32-70)34-82-43-27-63-56(64-28-43)71-19-17-69(18-20-71)21-24-81-49-26-46-45(25-50(49)85(78,79)59(7,8)9)54(66-36-65-46)68-53(62)38(2)39(3)61/h12-15,25-28,35-37,42,44,48H,10-11,16-24,29-34,61H2,1-9H3,(H2,62,65,66,68)/t37-,42+,44-,48+/m1/s1. The van der Waals surface area contributed by atoms with E-state index in [0.29, 0.717) is 123 Å². The Hall–Kier alpha value is -6.97. The Morgan fingerprint density at radius 1 is 0.882 bits per heavy atom. The Morgan fingerprint density at radius 3 is 2.31 bits per heavy atom. The number of carbonyl (C=O) groups is 3. The van der Waals surface area contributed by atoms with Crippen LogP contribution >= 0.6 is 11.3 Å². The predicted molar refractivity (Wildman–Crippen MR) is 322 cm³/mol. The molecule has 4 N–H and O–H groups in total. The third-order valence-electron chi connectivity index (χ3n) is 15.7. The van der Waals surface area contributed by atoms with Gasteiger partial charge in [-0.05, 0) is 105 Å². The summed E-state index contributed by atoms with van der Waals surface area (Å²) < 4.78 is 65.0. The van der Waals surface area contributed by atoms with E-state index in [1.54, 1.807) is 63.4 Å². The second-order valence-corrected chi connectivity index (χ2v) is 27.7. The van der Waals surface area contributed by atoms with Crippen LogP contribution in [0.3, 0.4) is 0 Å². The average Bonchev–Trinajstić information content (AvgIpc) is 3.36. The number of thiazole rings is 1. The van der Waals surface area contributed by atoms with Crippen molar-refractivity contribution in [2.75, 3.05) is 103 Å². The van der Waals surface area contributed by atoms with E-state index < -0.39 is 32.1 Å². The monoisotopic (exact) mass is 1210 g/mol. The first kappa shape index (κ1) is 62.6. The normalized spacial score (nSPS) is 21.1. The Balaban J connectivity index is 0.775. The number of likely N-dealkylation sites (tertiary alicyclic amines) is 1. The van der Waals surface area contributed by atoms with Gasteiger partial charge in [0.1, 0.15) is 64.2 Å². The van der Waals surface area contributed by atoms with Crippen LogP contribution in [0.25, 0.3) is 10.9 Å². The number of morpholine rings is 1. The van der Waals surface area contributed by atoms with Crippen molar-refractivity contribution < 1.29 is 46.1 Å². The number of carbonyl (C=O) groups excluding carboxylic acids is 3. The number of nitrogens with zero attached hydrogens (tertiary/aromatic N) is 12. The molecule has 0 spiro atoms. The number of ether oxygens (including phenoxy) is 4. The van der Waals surface area contributed by atoms with E-state index in [9.17, 15) is 27.2 Å². The summed E-state index contributed by atoms with van der Waals surface area (Å²) in [6.45, 7) is 23.4. The van der Waals surface area contributed by atoms with Gasteiger partial charge in [-0.2, -0.15) is 0 Å². The third kappa shape index (κ3) is 15.2. The largest absolute Gasteiger partial charge is 0.491 e. The number of fused-ring (bicyclic) bond motifs is 1. The number of allylic oxidation sites excluding steroid dienone is 1. The first-order valence-corrected chi connectivity index (χ1v) is 31.2. The highest BCUT2D eigenvalue weighted by molar-refractivity contribution is 7.92. The van der Waals surface area contributed by atoms with Crippen molar-refractivity contribution >= 4 is 67.5 Å². The molecule has 4 fully saturated rings. The van der Waals surface area contributed by atoms with Crippen LogP contribution in [0.15, 0.2) is 81.7 Å². The van der Waals surface area contributed by atoms with Crippen LogP contribution in [-0.4, -0.2) is 208 Å². The first-order valence-electron chi connectivity index (χ1n) is 28.8. The predicted octanol–water partition coefficient (Wildman–Crippen LogP) is 6.01. The molecule has 4 aliphatic heterocycles. The minimum absolute atomic E-state index is 0.0136. The number of ketones is 1. The van der Waals surface area contributed by atoms with Gasteiger partial charge in [0, 0.05) is 118 Å². The van der Waals surface area contributed by atoms with Crippen LogP contribution in [0.2, 0.25) is 0 Å². The molecule has 0 unspecified atom stereocenters. The van der Waals surface area contributed by atoms with Crippen molar-refractivity contribution in [3.8, 4) is 11.5 Å². The van der Waals surface area contributed by atoms with Crippen LogP contribution < -0.4 is 25.8 Å². The van der Waals surface area contributed by atoms with Crippen molar-refractivity contribution in [1.29, 1.82) is 0 Å². The smallest absolute Gasteiger partial charge is 0.410 e. The molecule has 0 bridgehead atoms. The zero-order chi connectivity index (χ0) is 61.0. The number of anilines is 1. The lowest BCUT2D eigenvalue weighted by molar-refractivity contribution is -0.135. The molecule has 9 rings (SSSR count). The number of aromatic nitrogens is 5. The molecule has 3 aromatic heterocycles. The number of nitrogens with two attached hydrogens (primary N) is 2. The van der Waals surface area contributed by atoms with E-state index in [2.05, 4.69) is 49.5 Å². The summed E-state index contributed by atoms with van der Waals surface area (Å²) in [6, 6.07) is 7.81. The Morgan fingerprint density at radius 2 is 1.61 bits per heavy atom. The summed E-state index contributed by atoms with van der Waals surface area (Å²) in [5.41, 5.74) is 13.6. The molecule has 0 saturated carbocycles. The Labute approximate surface area is 500 Å². The molecule has 85 heavy (non-hydrogen) atoms. The van der Waals surface area contributed by atoms with E-state index in [0.717, 1.165) is 12.8 Å². The van der Waals surface area contributed by atoms with Crippen LogP contribution in [0.4, 0.5) is 21.0 Å². The molecule has 4 atom stereocenters. The zero-order valence-corrected chi connectivity index (χ0v) is 51.6. The lowest BCUT2D eigenvalue weighted by Crippen LogP contribution is -2.64. The van der Waals surface area contributed by atoms with Gasteiger partial charge in [0.25, 0.3) is 0 Å². The number of amidine groups is 1. The van der Waals surface area contributed by atoms with E-state index in [4.69, 9.17) is 30.4 Å². The van der Waals surface area contributed by atoms with Crippen molar-refractivity contribution in [1.82, 2.24) is 49.4 Å². The highest BCUT2D eigenvalue weighted by atomic mass is 32.2. The molecule has 4 aliphatic rings. The number of sulfone groups is 1. The maximum atomic E-state index is 14.4. The molecular weight excluding hydrogens is 1130 g/mol. The van der Waals surface area contributed by atoms with Gasteiger partial charge in [-0.25, -0.2) is 47.5 Å². The molecule has 0 aliphatic carbocycles. The number of aliphatic imine (C=N–C) groups is 1.